The Kier molecular flexibility index (Phi) is 7.96. The zero-order chi connectivity index (χ0) is 23.3. The van der Waals surface area contributed by atoms with Gasteiger partial charge in [0, 0.05) is 6.54 Å². The van der Waals surface area contributed by atoms with Crippen molar-refractivity contribution in [3.8, 4) is 0 Å². The van der Waals surface area contributed by atoms with Crippen LogP contribution in [-0.4, -0.2) is 25.2 Å². The number of amides is 1. The zero-order valence-corrected chi connectivity index (χ0v) is 20.1. The lowest BCUT2D eigenvalue weighted by Crippen LogP contribution is -2.41. The van der Waals surface area contributed by atoms with E-state index in [-0.39, 0.29) is 24.0 Å². The van der Waals surface area contributed by atoms with Crippen molar-refractivity contribution in [3.63, 3.8) is 0 Å². The molecule has 3 aromatic rings. The van der Waals surface area contributed by atoms with Crippen molar-refractivity contribution in [1.82, 2.24) is 9.62 Å². The molecule has 0 aliphatic rings. The number of hydrogen-bond acceptors (Lipinski definition) is 3. The third kappa shape index (κ3) is 6.11. The fourth-order valence-electron chi connectivity index (χ4n) is 3.20. The van der Waals surface area contributed by atoms with Gasteiger partial charge in [-0.05, 0) is 49.2 Å². The molecule has 3 aromatic carbocycles. The van der Waals surface area contributed by atoms with Gasteiger partial charge in [0.25, 0.3) is 0 Å². The van der Waals surface area contributed by atoms with Crippen LogP contribution in [0.15, 0.2) is 77.7 Å². The summed E-state index contributed by atoms with van der Waals surface area (Å²) in [6, 6.07) is 20.6. The molecule has 32 heavy (non-hydrogen) atoms. The molecule has 1 N–H and O–H groups in total. The van der Waals surface area contributed by atoms with Crippen LogP contribution in [0.5, 0.6) is 0 Å². The Hall–Kier alpha value is -2.38. The maximum atomic E-state index is 13.4. The third-order valence-electron chi connectivity index (χ3n) is 5.00. The first-order valence-corrected chi connectivity index (χ1v) is 12.2. The monoisotopic (exact) mass is 490 g/mol. The number of rotatable bonds is 8. The van der Waals surface area contributed by atoms with Crippen LogP contribution < -0.4 is 5.32 Å². The van der Waals surface area contributed by atoms with Gasteiger partial charge >= 0.3 is 0 Å². The summed E-state index contributed by atoms with van der Waals surface area (Å²) < 4.78 is 27.9. The summed E-state index contributed by atoms with van der Waals surface area (Å²) >= 11 is 12.1. The van der Waals surface area contributed by atoms with Crippen LogP contribution in [0.25, 0.3) is 0 Å². The second kappa shape index (κ2) is 10.5. The van der Waals surface area contributed by atoms with Gasteiger partial charge in [0.15, 0.2) is 0 Å². The minimum absolute atomic E-state index is 0.0275. The molecule has 0 saturated heterocycles. The molecule has 168 valence electrons. The summed E-state index contributed by atoms with van der Waals surface area (Å²) in [6.07, 6.45) is 0. The van der Waals surface area contributed by atoms with Gasteiger partial charge in [-0.1, -0.05) is 77.3 Å². The summed E-state index contributed by atoms with van der Waals surface area (Å²) in [4.78, 5) is 12.9. The summed E-state index contributed by atoms with van der Waals surface area (Å²) in [5.41, 5.74) is 2.49. The fourth-order valence-corrected chi connectivity index (χ4v) is 4.90. The van der Waals surface area contributed by atoms with Crippen molar-refractivity contribution in [1.29, 1.82) is 0 Å². The molecule has 0 unspecified atom stereocenters. The predicted octanol–water partition coefficient (Wildman–Crippen LogP) is 5.37. The normalized spacial score (nSPS) is 12.5. The molecule has 5 nitrogen and oxygen atoms in total. The van der Waals surface area contributed by atoms with E-state index in [9.17, 15) is 13.2 Å². The lowest BCUT2D eigenvalue weighted by molar-refractivity contribution is -0.122. The zero-order valence-electron chi connectivity index (χ0n) is 17.8. The van der Waals surface area contributed by atoms with Gasteiger partial charge in [-0.2, -0.15) is 4.31 Å². The predicted molar refractivity (Wildman–Crippen MR) is 128 cm³/mol. The first-order valence-electron chi connectivity index (χ1n) is 10.0. The van der Waals surface area contributed by atoms with E-state index in [0.717, 1.165) is 15.4 Å². The molecule has 1 amide bonds. The van der Waals surface area contributed by atoms with Gasteiger partial charge in [-0.15, -0.1) is 0 Å². The Morgan fingerprint density at radius 3 is 2.25 bits per heavy atom. The first kappa shape index (κ1) is 24.3. The van der Waals surface area contributed by atoms with Crippen LogP contribution in [0.1, 0.15) is 29.7 Å². The van der Waals surface area contributed by atoms with E-state index in [4.69, 9.17) is 23.2 Å². The summed E-state index contributed by atoms with van der Waals surface area (Å²) in [7, 11) is -3.94. The Labute approximate surface area is 199 Å². The number of carbonyl (C=O) groups excluding carboxylic acids is 1. The van der Waals surface area contributed by atoms with Crippen molar-refractivity contribution in [2.45, 2.75) is 31.3 Å². The lowest BCUT2D eigenvalue weighted by atomic mass is 10.1. The summed E-state index contributed by atoms with van der Waals surface area (Å²) in [6.45, 7) is 3.36. The second-order valence-electron chi connectivity index (χ2n) is 7.53. The smallest absolute Gasteiger partial charge is 0.243 e. The summed E-state index contributed by atoms with van der Waals surface area (Å²) in [5.74, 6) is -0.405. The van der Waals surface area contributed by atoms with Crippen LogP contribution in [-0.2, 0) is 21.4 Å². The minimum Gasteiger partial charge on any atom is -0.348 e. The number of carbonyl (C=O) groups is 1. The van der Waals surface area contributed by atoms with Crippen LogP contribution in [0, 0.1) is 6.92 Å². The Morgan fingerprint density at radius 2 is 1.62 bits per heavy atom. The van der Waals surface area contributed by atoms with Gasteiger partial charge in [0.1, 0.15) is 0 Å². The third-order valence-corrected chi connectivity index (χ3v) is 7.54. The quantitative estimate of drug-likeness (QED) is 0.461. The molecule has 8 heteroatoms. The number of nitrogens with zero attached hydrogens (tertiary/aromatic N) is 1. The maximum absolute atomic E-state index is 13.4. The van der Waals surface area contributed by atoms with Gasteiger partial charge in [0.05, 0.1) is 27.5 Å². The Balaban J connectivity index is 1.86. The van der Waals surface area contributed by atoms with Crippen molar-refractivity contribution in [3.05, 3.63) is 99.5 Å². The Morgan fingerprint density at radius 1 is 0.969 bits per heavy atom. The lowest BCUT2D eigenvalue weighted by Gasteiger charge is -2.23. The molecule has 0 fully saturated rings. The van der Waals surface area contributed by atoms with E-state index in [1.54, 1.807) is 30.3 Å². The highest BCUT2D eigenvalue weighted by atomic mass is 35.5. The standard InChI is InChI=1S/C24H24Cl2N2O3S/c1-17-8-11-21(12-9-17)32(30,31)28(15-19-10-13-22(25)23(26)14-19)16-24(29)27-18(2)20-6-4-3-5-7-20/h3-14,18H,15-16H2,1-2H3,(H,27,29)/t18-/m0/s1. The minimum atomic E-state index is -3.94. The van der Waals surface area contributed by atoms with Gasteiger partial charge < -0.3 is 5.32 Å². The maximum Gasteiger partial charge on any atom is 0.243 e. The highest BCUT2D eigenvalue weighted by Gasteiger charge is 2.27. The van der Waals surface area contributed by atoms with Gasteiger partial charge in [0.2, 0.25) is 15.9 Å². The van der Waals surface area contributed by atoms with E-state index in [0.29, 0.717) is 15.6 Å². The van der Waals surface area contributed by atoms with E-state index in [2.05, 4.69) is 5.32 Å². The molecular weight excluding hydrogens is 467 g/mol. The number of benzene rings is 3. The average molecular weight is 491 g/mol. The molecule has 1 atom stereocenters. The van der Waals surface area contributed by atoms with Crippen molar-refractivity contribution >= 4 is 39.1 Å². The highest BCUT2D eigenvalue weighted by Crippen LogP contribution is 2.25. The van der Waals surface area contributed by atoms with E-state index in [1.807, 2.05) is 44.2 Å². The van der Waals surface area contributed by atoms with Crippen LogP contribution in [0.3, 0.4) is 0 Å². The van der Waals surface area contributed by atoms with E-state index >= 15 is 0 Å². The topological polar surface area (TPSA) is 66.5 Å². The summed E-state index contributed by atoms with van der Waals surface area (Å²) in [5, 5.41) is 3.56. The molecule has 0 aliphatic carbocycles. The number of nitrogens with one attached hydrogen (secondary N) is 1. The van der Waals surface area contributed by atoms with Crippen LogP contribution >= 0.6 is 23.2 Å². The van der Waals surface area contributed by atoms with E-state index < -0.39 is 15.9 Å². The number of halogens is 2. The highest BCUT2D eigenvalue weighted by molar-refractivity contribution is 7.89. The molecule has 0 aliphatic heterocycles. The molecule has 3 rings (SSSR count). The first-order chi connectivity index (χ1) is 15.2. The van der Waals surface area contributed by atoms with Crippen molar-refractivity contribution in [2.24, 2.45) is 0 Å². The molecule has 0 saturated carbocycles. The SMILES string of the molecule is Cc1ccc(S(=O)(=O)N(CC(=O)N[C@@H](C)c2ccccc2)Cc2ccc(Cl)c(Cl)c2)cc1. The number of aryl methyl sites for hydroxylation is 1. The molecule has 0 spiro atoms. The fraction of sp³-hybridized carbons (Fsp3) is 0.208. The molecule has 0 heterocycles. The van der Waals surface area contributed by atoms with Crippen LogP contribution in [0.4, 0.5) is 0 Å². The number of hydrogen-bond donors (Lipinski definition) is 1. The van der Waals surface area contributed by atoms with E-state index in [1.165, 1.54) is 12.1 Å². The second-order valence-corrected chi connectivity index (χ2v) is 10.3. The van der Waals surface area contributed by atoms with Gasteiger partial charge in [-0.25, -0.2) is 8.42 Å². The number of sulfonamides is 1. The van der Waals surface area contributed by atoms with Gasteiger partial charge in [-0.3, -0.25) is 4.79 Å². The molecular formula is C24H24Cl2N2O3S. The molecule has 0 radical (unpaired) electrons. The molecule has 0 aromatic heterocycles. The molecule has 0 bridgehead atoms. The van der Waals surface area contributed by atoms with Crippen molar-refractivity contribution in [2.75, 3.05) is 6.54 Å². The average Bonchev–Trinajstić information content (AvgIpc) is 2.76. The van der Waals surface area contributed by atoms with Crippen molar-refractivity contribution < 1.29 is 13.2 Å². The Bertz CT molecular complexity index is 1180. The largest absolute Gasteiger partial charge is 0.348 e. The van der Waals surface area contributed by atoms with Crippen LogP contribution in [0.2, 0.25) is 10.0 Å².